The van der Waals surface area contributed by atoms with E-state index in [0.717, 1.165) is 0 Å². The SMILES string of the molecule is NC(=O)CON1C(=O)C2C3C=CC(S3)C2C1=O. The Morgan fingerprint density at radius 2 is 1.82 bits per heavy atom. The zero-order valence-electron chi connectivity index (χ0n) is 8.74. The molecule has 90 valence electrons. The second-order valence-electron chi connectivity index (χ2n) is 4.21. The van der Waals surface area contributed by atoms with Crippen LogP contribution in [0.25, 0.3) is 0 Å². The molecule has 4 unspecified atom stereocenters. The van der Waals surface area contributed by atoms with Crippen molar-refractivity contribution in [3.05, 3.63) is 12.2 Å². The first-order valence-electron chi connectivity index (χ1n) is 5.22. The highest BCUT2D eigenvalue weighted by Gasteiger charge is 2.60. The lowest BCUT2D eigenvalue weighted by atomic mass is 9.85. The Kier molecular flexibility index (Phi) is 2.27. The Labute approximate surface area is 101 Å². The van der Waals surface area contributed by atoms with Crippen LogP contribution in [0.15, 0.2) is 12.2 Å². The average molecular weight is 254 g/mol. The van der Waals surface area contributed by atoms with E-state index in [2.05, 4.69) is 0 Å². The molecule has 3 aliphatic heterocycles. The molecule has 2 saturated heterocycles. The van der Waals surface area contributed by atoms with Crippen LogP contribution < -0.4 is 5.73 Å². The number of carbonyl (C=O) groups is 3. The summed E-state index contributed by atoms with van der Waals surface area (Å²) >= 11 is 1.63. The average Bonchev–Trinajstić information content (AvgIpc) is 2.92. The van der Waals surface area contributed by atoms with Gasteiger partial charge in [0, 0.05) is 10.5 Å². The summed E-state index contributed by atoms with van der Waals surface area (Å²) in [6, 6.07) is 0. The molecule has 3 heterocycles. The van der Waals surface area contributed by atoms with Crippen LogP contribution in [0, 0.1) is 11.8 Å². The number of hydrogen-bond donors (Lipinski definition) is 1. The lowest BCUT2D eigenvalue weighted by Crippen LogP contribution is -2.36. The molecular formula is C10H10N2O4S. The number of thioether (sulfide) groups is 1. The van der Waals surface area contributed by atoms with Crippen LogP contribution in [0.5, 0.6) is 0 Å². The summed E-state index contributed by atoms with van der Waals surface area (Å²) in [6.45, 7) is -0.452. The molecule has 3 amide bonds. The number of hydroxylamine groups is 2. The lowest BCUT2D eigenvalue weighted by Gasteiger charge is -2.15. The maximum Gasteiger partial charge on any atom is 0.258 e. The number of nitrogens with zero attached hydrogens (tertiary/aromatic N) is 1. The van der Waals surface area contributed by atoms with Crippen molar-refractivity contribution in [1.82, 2.24) is 5.06 Å². The van der Waals surface area contributed by atoms with Gasteiger partial charge in [-0.15, -0.1) is 11.8 Å². The fraction of sp³-hybridized carbons (Fsp3) is 0.500. The van der Waals surface area contributed by atoms with Gasteiger partial charge >= 0.3 is 0 Å². The van der Waals surface area contributed by atoms with Gasteiger partial charge in [0.05, 0.1) is 11.8 Å². The number of fused-ring (bicyclic) bond motifs is 5. The maximum atomic E-state index is 12.0. The molecule has 2 fully saturated rings. The zero-order valence-corrected chi connectivity index (χ0v) is 9.55. The van der Waals surface area contributed by atoms with Crippen LogP contribution in [0.2, 0.25) is 0 Å². The van der Waals surface area contributed by atoms with Gasteiger partial charge in [-0.2, -0.15) is 5.06 Å². The summed E-state index contributed by atoms with van der Waals surface area (Å²) in [4.78, 5) is 39.4. The van der Waals surface area contributed by atoms with Crippen molar-refractivity contribution in [3.8, 4) is 0 Å². The number of amides is 3. The largest absolute Gasteiger partial charge is 0.368 e. The molecule has 0 spiro atoms. The molecule has 3 rings (SSSR count). The number of carbonyl (C=O) groups excluding carboxylic acids is 3. The molecular weight excluding hydrogens is 244 g/mol. The number of hydrogen-bond acceptors (Lipinski definition) is 5. The minimum absolute atomic E-state index is 0.0589. The molecule has 0 radical (unpaired) electrons. The van der Waals surface area contributed by atoms with Gasteiger partial charge in [-0.25, -0.2) is 0 Å². The van der Waals surface area contributed by atoms with E-state index < -0.39 is 12.5 Å². The molecule has 4 atom stereocenters. The summed E-state index contributed by atoms with van der Waals surface area (Å²) in [5.41, 5.74) is 4.91. The van der Waals surface area contributed by atoms with E-state index in [1.807, 2.05) is 12.2 Å². The second kappa shape index (κ2) is 3.58. The van der Waals surface area contributed by atoms with Crippen molar-refractivity contribution in [3.63, 3.8) is 0 Å². The summed E-state index contributed by atoms with van der Waals surface area (Å²) < 4.78 is 0. The topological polar surface area (TPSA) is 89.7 Å². The van der Waals surface area contributed by atoms with Crippen LogP contribution in [0.1, 0.15) is 0 Å². The van der Waals surface area contributed by atoms with Crippen LogP contribution in [0.3, 0.4) is 0 Å². The highest BCUT2D eigenvalue weighted by Crippen LogP contribution is 2.53. The van der Waals surface area contributed by atoms with Gasteiger partial charge in [-0.3, -0.25) is 19.2 Å². The van der Waals surface area contributed by atoms with Crippen molar-refractivity contribution in [2.45, 2.75) is 10.5 Å². The molecule has 2 N–H and O–H groups in total. The Morgan fingerprint density at radius 1 is 1.29 bits per heavy atom. The third-order valence-electron chi connectivity index (χ3n) is 3.21. The third-order valence-corrected chi connectivity index (χ3v) is 4.74. The zero-order chi connectivity index (χ0) is 12.2. The summed E-state index contributed by atoms with van der Waals surface area (Å²) in [6.07, 6.45) is 3.92. The molecule has 2 bridgehead atoms. The minimum Gasteiger partial charge on any atom is -0.368 e. The predicted molar refractivity (Wildman–Crippen MR) is 58.3 cm³/mol. The lowest BCUT2D eigenvalue weighted by molar-refractivity contribution is -0.189. The van der Waals surface area contributed by atoms with Gasteiger partial charge in [0.1, 0.15) is 0 Å². The summed E-state index contributed by atoms with van der Waals surface area (Å²) in [5, 5.41) is 0.833. The molecule has 0 aromatic carbocycles. The fourth-order valence-corrected chi connectivity index (χ4v) is 4.17. The molecule has 0 aromatic rings. The van der Waals surface area contributed by atoms with Crippen LogP contribution in [-0.4, -0.2) is 39.9 Å². The van der Waals surface area contributed by atoms with Crippen LogP contribution in [-0.2, 0) is 19.2 Å². The monoisotopic (exact) mass is 254 g/mol. The van der Waals surface area contributed by atoms with Crippen molar-refractivity contribution < 1.29 is 19.2 Å². The smallest absolute Gasteiger partial charge is 0.258 e. The highest BCUT2D eigenvalue weighted by atomic mass is 32.2. The van der Waals surface area contributed by atoms with E-state index in [1.165, 1.54) is 0 Å². The van der Waals surface area contributed by atoms with E-state index in [9.17, 15) is 14.4 Å². The second-order valence-corrected chi connectivity index (χ2v) is 5.57. The number of imide groups is 1. The molecule has 0 aromatic heterocycles. The van der Waals surface area contributed by atoms with E-state index in [-0.39, 0.29) is 34.2 Å². The van der Waals surface area contributed by atoms with Crippen molar-refractivity contribution in [1.29, 1.82) is 0 Å². The quantitative estimate of drug-likeness (QED) is 0.518. The first kappa shape index (κ1) is 10.8. The normalized spacial score (nSPS) is 38.0. The van der Waals surface area contributed by atoms with Gasteiger partial charge in [0.25, 0.3) is 11.8 Å². The minimum atomic E-state index is -0.710. The van der Waals surface area contributed by atoms with Gasteiger partial charge < -0.3 is 5.73 Å². The Bertz CT molecular complexity index is 420. The number of rotatable bonds is 3. The fourth-order valence-electron chi connectivity index (χ4n) is 2.53. The Balaban J connectivity index is 1.80. The predicted octanol–water partition coefficient (Wildman–Crippen LogP) is -0.942. The van der Waals surface area contributed by atoms with Crippen LogP contribution in [0.4, 0.5) is 0 Å². The highest BCUT2D eigenvalue weighted by molar-refractivity contribution is 8.01. The number of primary amides is 1. The molecule has 0 saturated carbocycles. The molecule has 0 aliphatic carbocycles. The van der Waals surface area contributed by atoms with Crippen molar-refractivity contribution >= 4 is 29.5 Å². The van der Waals surface area contributed by atoms with E-state index in [0.29, 0.717) is 5.06 Å². The summed E-state index contributed by atoms with van der Waals surface area (Å²) in [7, 11) is 0. The standard InChI is InChI=1S/C10H10N2O4S/c11-6(13)3-16-12-9(14)7-4-1-2-5(17-4)8(7)10(12)15/h1-2,4-5,7-8H,3H2,(H2,11,13). The molecule has 17 heavy (non-hydrogen) atoms. The van der Waals surface area contributed by atoms with Crippen molar-refractivity contribution in [2.75, 3.05) is 6.61 Å². The van der Waals surface area contributed by atoms with Crippen LogP contribution >= 0.6 is 11.8 Å². The molecule has 6 nitrogen and oxygen atoms in total. The first-order chi connectivity index (χ1) is 8.09. The van der Waals surface area contributed by atoms with Gasteiger partial charge in [-0.05, 0) is 0 Å². The molecule has 7 heteroatoms. The Hall–Kier alpha value is -1.34. The first-order valence-corrected chi connectivity index (χ1v) is 6.16. The Morgan fingerprint density at radius 3 is 2.29 bits per heavy atom. The molecule has 3 aliphatic rings. The third kappa shape index (κ3) is 1.42. The van der Waals surface area contributed by atoms with Gasteiger partial charge in [-0.1, -0.05) is 12.2 Å². The maximum absolute atomic E-state index is 12.0. The van der Waals surface area contributed by atoms with Crippen molar-refractivity contribution in [2.24, 2.45) is 17.6 Å². The van der Waals surface area contributed by atoms with E-state index in [1.54, 1.807) is 11.8 Å². The number of nitrogens with two attached hydrogens (primary N) is 1. The summed E-state index contributed by atoms with van der Waals surface area (Å²) in [5.74, 6) is -2.10. The van der Waals surface area contributed by atoms with E-state index >= 15 is 0 Å². The van der Waals surface area contributed by atoms with E-state index in [4.69, 9.17) is 10.6 Å². The van der Waals surface area contributed by atoms with Gasteiger partial charge in [0.2, 0.25) is 5.91 Å². The van der Waals surface area contributed by atoms with Gasteiger partial charge in [0.15, 0.2) is 6.61 Å².